The minimum Gasteiger partial charge on any atom is -0.325 e. The Labute approximate surface area is 171 Å². The van der Waals surface area contributed by atoms with Crippen molar-refractivity contribution in [3.05, 3.63) is 75.4 Å². The van der Waals surface area contributed by atoms with Crippen molar-refractivity contribution >= 4 is 44.6 Å². The molecule has 0 fully saturated rings. The van der Waals surface area contributed by atoms with Gasteiger partial charge in [0, 0.05) is 14.1 Å². The van der Waals surface area contributed by atoms with Crippen molar-refractivity contribution in [2.75, 3.05) is 5.32 Å². The van der Waals surface area contributed by atoms with Crippen LogP contribution in [-0.2, 0) is 14.1 Å². The number of thiocarbonyl (C=S) groups is 1. The Kier molecular flexibility index (Phi) is 4.74. The molecule has 0 spiro atoms. The molecule has 2 heterocycles. The Hall–Kier alpha value is -2.97. The van der Waals surface area contributed by atoms with Crippen molar-refractivity contribution < 1.29 is 0 Å². The summed E-state index contributed by atoms with van der Waals surface area (Å²) in [4.78, 5) is 18.3. The molecule has 4 rings (SSSR count). The quantitative estimate of drug-likeness (QED) is 0.517. The summed E-state index contributed by atoms with van der Waals surface area (Å²) in [6.07, 6.45) is 0. The molecule has 0 bridgehead atoms. The average molecular weight is 410 g/mol. The van der Waals surface area contributed by atoms with E-state index >= 15 is 0 Å². The number of rotatable bonds is 2. The third-order valence-corrected chi connectivity index (χ3v) is 6.00. The number of aromatic nitrogens is 3. The van der Waals surface area contributed by atoms with E-state index in [2.05, 4.69) is 16.4 Å². The second-order valence-electron chi connectivity index (χ2n) is 6.39. The summed E-state index contributed by atoms with van der Waals surface area (Å²) < 4.78 is 6.55. The fraction of sp³-hybridized carbons (Fsp3) is 0.150. The van der Waals surface area contributed by atoms with Gasteiger partial charge in [-0.3, -0.25) is 9.48 Å². The zero-order valence-corrected chi connectivity index (χ0v) is 17.3. The monoisotopic (exact) mass is 409 g/mol. The first-order chi connectivity index (χ1) is 13.5. The summed E-state index contributed by atoms with van der Waals surface area (Å²) in [5, 5.41) is 3.29. The van der Waals surface area contributed by atoms with E-state index in [9.17, 15) is 4.79 Å². The van der Waals surface area contributed by atoms with Gasteiger partial charge in [-0.2, -0.15) is 4.99 Å². The van der Waals surface area contributed by atoms with Crippen molar-refractivity contribution in [3.8, 4) is 5.69 Å². The lowest BCUT2D eigenvalue weighted by Gasteiger charge is -2.07. The third-order valence-electron chi connectivity index (χ3n) is 4.70. The summed E-state index contributed by atoms with van der Waals surface area (Å²) in [7, 11) is 3.80. The van der Waals surface area contributed by atoms with Crippen molar-refractivity contribution in [1.82, 2.24) is 13.9 Å². The normalized spacial score (nSPS) is 11.9. The van der Waals surface area contributed by atoms with Crippen molar-refractivity contribution in [3.63, 3.8) is 0 Å². The Morgan fingerprint density at radius 3 is 2.46 bits per heavy atom. The maximum Gasteiger partial charge on any atom is 0.295 e. The number of para-hydroxylation sites is 2. The number of hydrogen-bond acceptors (Lipinski definition) is 3. The van der Waals surface area contributed by atoms with Crippen LogP contribution in [0.5, 0.6) is 0 Å². The van der Waals surface area contributed by atoms with Gasteiger partial charge in [0.2, 0.25) is 0 Å². The van der Waals surface area contributed by atoms with Gasteiger partial charge in [0.15, 0.2) is 9.91 Å². The topological polar surface area (TPSA) is 56.2 Å². The van der Waals surface area contributed by atoms with Crippen LogP contribution in [0.1, 0.15) is 5.69 Å². The highest BCUT2D eigenvalue weighted by Gasteiger charge is 2.16. The molecule has 0 saturated heterocycles. The highest BCUT2D eigenvalue weighted by atomic mass is 32.1. The molecule has 0 atom stereocenters. The molecule has 142 valence electrons. The average Bonchev–Trinajstić information content (AvgIpc) is 3.12. The number of nitrogens with zero attached hydrogens (tertiary/aromatic N) is 4. The lowest BCUT2D eigenvalue weighted by Crippen LogP contribution is -2.23. The molecule has 2 aromatic carbocycles. The first kappa shape index (κ1) is 18.4. The molecule has 0 unspecified atom stereocenters. The summed E-state index contributed by atoms with van der Waals surface area (Å²) in [5.41, 5.74) is 2.95. The van der Waals surface area contributed by atoms with Crippen LogP contribution in [0.4, 0.5) is 5.69 Å². The maximum atomic E-state index is 13.0. The molecule has 0 saturated carbocycles. The lowest BCUT2D eigenvalue weighted by molar-refractivity contribution is 0.630. The molecule has 0 amide bonds. The van der Waals surface area contributed by atoms with E-state index in [4.69, 9.17) is 12.2 Å². The fourth-order valence-corrected chi connectivity index (χ4v) is 4.39. The lowest BCUT2D eigenvalue weighted by atomic mass is 10.3. The van der Waals surface area contributed by atoms with E-state index in [1.54, 1.807) is 16.0 Å². The van der Waals surface area contributed by atoms with Gasteiger partial charge in [0.05, 0.1) is 21.6 Å². The molecule has 4 aromatic rings. The van der Waals surface area contributed by atoms with Crippen molar-refractivity contribution in [2.24, 2.45) is 19.1 Å². The molecule has 0 aliphatic carbocycles. The van der Waals surface area contributed by atoms with Gasteiger partial charge in [0.1, 0.15) is 5.69 Å². The van der Waals surface area contributed by atoms with Crippen molar-refractivity contribution in [1.29, 1.82) is 0 Å². The molecule has 0 aliphatic heterocycles. The summed E-state index contributed by atoms with van der Waals surface area (Å²) in [6, 6.07) is 17.6. The summed E-state index contributed by atoms with van der Waals surface area (Å²) >= 11 is 6.99. The first-order valence-corrected chi connectivity index (χ1v) is 9.94. The molecule has 28 heavy (non-hydrogen) atoms. The van der Waals surface area contributed by atoms with Gasteiger partial charge in [0.25, 0.3) is 5.56 Å². The Bertz CT molecular complexity index is 1310. The number of benzene rings is 2. The number of anilines is 1. The number of fused-ring (bicyclic) bond motifs is 1. The van der Waals surface area contributed by atoms with E-state index in [0.29, 0.717) is 5.69 Å². The Balaban J connectivity index is 1.72. The molecule has 2 aromatic heterocycles. The molecule has 8 heteroatoms. The van der Waals surface area contributed by atoms with Gasteiger partial charge in [-0.15, -0.1) is 0 Å². The molecular formula is C20H19N5OS2. The van der Waals surface area contributed by atoms with E-state index in [0.717, 1.165) is 26.4 Å². The molecule has 0 radical (unpaired) electrons. The number of hydrogen-bond donors (Lipinski definition) is 1. The summed E-state index contributed by atoms with van der Waals surface area (Å²) in [5.74, 6) is 0. The smallest absolute Gasteiger partial charge is 0.295 e. The van der Waals surface area contributed by atoms with Crippen LogP contribution in [0, 0.1) is 6.92 Å². The van der Waals surface area contributed by atoms with E-state index in [-0.39, 0.29) is 10.7 Å². The van der Waals surface area contributed by atoms with Crippen LogP contribution >= 0.6 is 23.6 Å². The standard InChI is InChI=1S/C20H19N5OS2/c1-13-17(18(26)25(24(13)3)14-9-5-4-6-10-14)21-19(27)22-20-23(2)15-11-7-8-12-16(15)28-20/h4-12H,1-3H3,(H,21,27). The zero-order chi connectivity index (χ0) is 19.8. The van der Waals surface area contributed by atoms with Crippen LogP contribution in [0.15, 0.2) is 64.4 Å². The zero-order valence-electron chi connectivity index (χ0n) is 15.7. The van der Waals surface area contributed by atoms with E-state index in [1.807, 2.05) is 78.8 Å². The number of nitrogens with one attached hydrogen (secondary N) is 1. The highest BCUT2D eigenvalue weighted by molar-refractivity contribution is 7.80. The maximum absolute atomic E-state index is 13.0. The van der Waals surface area contributed by atoms with E-state index in [1.165, 1.54) is 0 Å². The van der Waals surface area contributed by atoms with Crippen LogP contribution < -0.4 is 15.7 Å². The van der Waals surface area contributed by atoms with Gasteiger partial charge in [-0.1, -0.05) is 41.7 Å². The predicted molar refractivity (Wildman–Crippen MR) is 118 cm³/mol. The third kappa shape index (κ3) is 3.10. The highest BCUT2D eigenvalue weighted by Crippen LogP contribution is 2.16. The second kappa shape index (κ2) is 7.21. The number of thiazole rings is 1. The van der Waals surface area contributed by atoms with Crippen LogP contribution in [-0.4, -0.2) is 19.0 Å². The molecule has 0 aliphatic rings. The van der Waals surface area contributed by atoms with Gasteiger partial charge < -0.3 is 9.88 Å². The second-order valence-corrected chi connectivity index (χ2v) is 7.79. The van der Waals surface area contributed by atoms with Gasteiger partial charge in [-0.25, -0.2) is 4.68 Å². The van der Waals surface area contributed by atoms with Gasteiger partial charge >= 0.3 is 0 Å². The fourth-order valence-electron chi connectivity index (χ4n) is 3.12. The van der Waals surface area contributed by atoms with Crippen LogP contribution in [0.3, 0.4) is 0 Å². The van der Waals surface area contributed by atoms with Crippen molar-refractivity contribution in [2.45, 2.75) is 6.92 Å². The van der Waals surface area contributed by atoms with Crippen LogP contribution in [0.25, 0.3) is 15.9 Å². The minimum absolute atomic E-state index is 0.163. The number of aryl methyl sites for hydroxylation is 1. The van der Waals surface area contributed by atoms with E-state index < -0.39 is 0 Å². The minimum atomic E-state index is -0.163. The first-order valence-electron chi connectivity index (χ1n) is 8.71. The molecular weight excluding hydrogens is 390 g/mol. The Morgan fingerprint density at radius 2 is 1.75 bits per heavy atom. The van der Waals surface area contributed by atoms with Crippen LogP contribution in [0.2, 0.25) is 0 Å². The summed E-state index contributed by atoms with van der Waals surface area (Å²) in [6.45, 7) is 1.88. The molecule has 1 N–H and O–H groups in total. The largest absolute Gasteiger partial charge is 0.325 e. The Morgan fingerprint density at radius 1 is 1.07 bits per heavy atom. The molecule has 6 nitrogen and oxygen atoms in total. The predicted octanol–water partition coefficient (Wildman–Crippen LogP) is 3.34. The van der Waals surface area contributed by atoms with Gasteiger partial charge in [-0.05, 0) is 43.4 Å². The SMILES string of the molecule is Cc1c(NC(=S)N=c2sc3ccccc3n2C)c(=O)n(-c2ccccc2)n1C.